The van der Waals surface area contributed by atoms with Crippen molar-refractivity contribution in [2.45, 2.75) is 20.3 Å². The first kappa shape index (κ1) is 13.5. The molecule has 0 aromatic heterocycles. The summed E-state index contributed by atoms with van der Waals surface area (Å²) in [5, 5.41) is 16.8. The van der Waals surface area contributed by atoms with Crippen LogP contribution >= 0.6 is 0 Å². The molecule has 102 valence electrons. The predicted molar refractivity (Wildman–Crippen MR) is 72.2 cm³/mol. The van der Waals surface area contributed by atoms with Crippen molar-refractivity contribution < 1.29 is 9.72 Å². The fraction of sp³-hybridized carbons (Fsp3) is 0.462. The molecule has 1 aromatic rings. The number of aryl methyl sites for hydroxylation is 2. The number of hydrogen-bond donors (Lipinski definition) is 2. The second-order valence-corrected chi connectivity index (χ2v) is 4.99. The number of nitrogens with one attached hydrogen (secondary N) is 2. The minimum absolute atomic E-state index is 0.0390. The maximum atomic E-state index is 11.8. The molecule has 1 aliphatic rings. The van der Waals surface area contributed by atoms with Gasteiger partial charge in [0.05, 0.1) is 4.92 Å². The second kappa shape index (κ2) is 5.36. The van der Waals surface area contributed by atoms with Crippen molar-refractivity contribution in [1.29, 1.82) is 0 Å². The van der Waals surface area contributed by atoms with Crippen LogP contribution in [0.25, 0.3) is 0 Å². The van der Waals surface area contributed by atoms with Gasteiger partial charge in [0, 0.05) is 23.7 Å². The second-order valence-electron chi connectivity index (χ2n) is 4.99. The van der Waals surface area contributed by atoms with Gasteiger partial charge in [-0.3, -0.25) is 14.9 Å². The minimum atomic E-state index is -0.409. The molecule has 1 amide bonds. The molecular weight excluding hydrogens is 246 g/mol. The highest BCUT2D eigenvalue weighted by Gasteiger charge is 2.21. The van der Waals surface area contributed by atoms with E-state index in [1.165, 1.54) is 6.07 Å². The van der Waals surface area contributed by atoms with Crippen LogP contribution < -0.4 is 10.6 Å². The van der Waals surface area contributed by atoms with E-state index in [1.54, 1.807) is 19.9 Å². The molecule has 1 saturated heterocycles. The summed E-state index contributed by atoms with van der Waals surface area (Å²) in [6.45, 7) is 5.19. The Balaban J connectivity index is 2.09. The quantitative estimate of drug-likeness (QED) is 0.640. The van der Waals surface area contributed by atoms with E-state index in [1.807, 2.05) is 0 Å². The minimum Gasteiger partial charge on any atom is -0.326 e. The number of carbonyl (C=O) groups excluding carboxylic acids is 1. The molecule has 0 radical (unpaired) electrons. The number of nitro groups is 1. The normalized spacial score (nSPS) is 14.8. The third-order valence-electron chi connectivity index (χ3n) is 3.35. The molecule has 2 N–H and O–H groups in total. The molecule has 0 bridgehead atoms. The van der Waals surface area contributed by atoms with Gasteiger partial charge in [-0.15, -0.1) is 0 Å². The lowest BCUT2D eigenvalue weighted by molar-refractivity contribution is -0.385. The zero-order chi connectivity index (χ0) is 14.0. The van der Waals surface area contributed by atoms with E-state index in [0.29, 0.717) is 29.2 Å². The van der Waals surface area contributed by atoms with Crippen LogP contribution in [0.5, 0.6) is 0 Å². The van der Waals surface area contributed by atoms with Crippen LogP contribution in [0.15, 0.2) is 12.1 Å². The van der Waals surface area contributed by atoms with Gasteiger partial charge in [-0.05, 0) is 44.5 Å². The first-order chi connectivity index (χ1) is 8.97. The van der Waals surface area contributed by atoms with Crippen LogP contribution in [0, 0.1) is 29.9 Å². The number of carbonyl (C=O) groups is 1. The SMILES string of the molecule is Cc1cc([N+](=O)[O-])c(C)cc1NC(=O)CC1CNC1. The molecule has 0 aliphatic carbocycles. The van der Waals surface area contributed by atoms with Gasteiger partial charge in [-0.1, -0.05) is 0 Å². The maximum absolute atomic E-state index is 11.8. The van der Waals surface area contributed by atoms with Crippen LogP contribution in [-0.2, 0) is 4.79 Å². The Morgan fingerprint density at radius 2 is 2.11 bits per heavy atom. The topological polar surface area (TPSA) is 84.3 Å². The average Bonchev–Trinajstić information content (AvgIpc) is 2.28. The van der Waals surface area contributed by atoms with Crippen LogP contribution in [0.3, 0.4) is 0 Å². The molecule has 1 aromatic carbocycles. The predicted octanol–water partition coefficient (Wildman–Crippen LogP) is 1.76. The van der Waals surface area contributed by atoms with E-state index in [4.69, 9.17) is 0 Å². The number of rotatable bonds is 4. The average molecular weight is 263 g/mol. The van der Waals surface area contributed by atoms with Crippen LogP contribution in [0.4, 0.5) is 11.4 Å². The van der Waals surface area contributed by atoms with E-state index in [-0.39, 0.29) is 11.6 Å². The molecule has 1 heterocycles. The zero-order valence-corrected chi connectivity index (χ0v) is 11.0. The summed E-state index contributed by atoms with van der Waals surface area (Å²) in [7, 11) is 0. The number of amides is 1. The summed E-state index contributed by atoms with van der Waals surface area (Å²) in [5.41, 5.74) is 1.99. The lowest BCUT2D eigenvalue weighted by atomic mass is 9.99. The van der Waals surface area contributed by atoms with Crippen molar-refractivity contribution in [3.05, 3.63) is 33.4 Å². The zero-order valence-electron chi connectivity index (χ0n) is 11.0. The highest BCUT2D eigenvalue weighted by atomic mass is 16.6. The lowest BCUT2D eigenvalue weighted by Gasteiger charge is -2.26. The van der Waals surface area contributed by atoms with Gasteiger partial charge in [0.1, 0.15) is 0 Å². The molecule has 0 unspecified atom stereocenters. The summed E-state index contributed by atoms with van der Waals surface area (Å²) < 4.78 is 0. The summed E-state index contributed by atoms with van der Waals surface area (Å²) in [5.74, 6) is 0.363. The summed E-state index contributed by atoms with van der Waals surface area (Å²) in [6.07, 6.45) is 0.489. The summed E-state index contributed by atoms with van der Waals surface area (Å²) in [4.78, 5) is 22.2. The first-order valence-corrected chi connectivity index (χ1v) is 6.23. The number of anilines is 1. The van der Waals surface area contributed by atoms with Crippen molar-refractivity contribution >= 4 is 17.3 Å². The lowest BCUT2D eigenvalue weighted by Crippen LogP contribution is -2.43. The molecule has 2 rings (SSSR count). The largest absolute Gasteiger partial charge is 0.326 e. The van der Waals surface area contributed by atoms with Crippen molar-refractivity contribution in [2.24, 2.45) is 5.92 Å². The van der Waals surface area contributed by atoms with Gasteiger partial charge in [0.15, 0.2) is 0 Å². The Kier molecular flexibility index (Phi) is 3.80. The van der Waals surface area contributed by atoms with Crippen molar-refractivity contribution in [3.8, 4) is 0 Å². The van der Waals surface area contributed by atoms with Gasteiger partial charge in [0.2, 0.25) is 5.91 Å². The Morgan fingerprint density at radius 3 is 2.63 bits per heavy atom. The third-order valence-corrected chi connectivity index (χ3v) is 3.35. The first-order valence-electron chi connectivity index (χ1n) is 6.23. The van der Waals surface area contributed by atoms with E-state index in [9.17, 15) is 14.9 Å². The van der Waals surface area contributed by atoms with E-state index in [0.717, 1.165) is 13.1 Å². The van der Waals surface area contributed by atoms with Gasteiger partial charge in [-0.2, -0.15) is 0 Å². The highest BCUT2D eigenvalue weighted by molar-refractivity contribution is 5.92. The van der Waals surface area contributed by atoms with E-state index >= 15 is 0 Å². The number of nitrogens with zero attached hydrogens (tertiary/aromatic N) is 1. The Morgan fingerprint density at radius 1 is 1.42 bits per heavy atom. The number of benzene rings is 1. The Labute approximate surface area is 111 Å². The third kappa shape index (κ3) is 3.08. The monoisotopic (exact) mass is 263 g/mol. The van der Waals surface area contributed by atoms with Crippen molar-refractivity contribution in [1.82, 2.24) is 5.32 Å². The Bertz CT molecular complexity index is 524. The summed E-state index contributed by atoms with van der Waals surface area (Å²) >= 11 is 0. The van der Waals surface area contributed by atoms with Gasteiger partial charge in [-0.25, -0.2) is 0 Å². The summed E-state index contributed by atoms with van der Waals surface area (Å²) in [6, 6.07) is 3.15. The molecule has 0 spiro atoms. The maximum Gasteiger partial charge on any atom is 0.272 e. The molecule has 0 atom stereocenters. The van der Waals surface area contributed by atoms with Crippen molar-refractivity contribution in [2.75, 3.05) is 18.4 Å². The number of nitro benzene ring substituents is 1. The number of hydrogen-bond acceptors (Lipinski definition) is 4. The fourth-order valence-corrected chi connectivity index (χ4v) is 2.09. The Hall–Kier alpha value is -1.95. The standard InChI is InChI=1S/C13H17N3O3/c1-8-4-12(16(18)19)9(2)3-11(8)15-13(17)5-10-6-14-7-10/h3-4,10,14H,5-7H2,1-2H3,(H,15,17). The van der Waals surface area contributed by atoms with E-state index in [2.05, 4.69) is 10.6 Å². The smallest absolute Gasteiger partial charge is 0.272 e. The van der Waals surface area contributed by atoms with Crippen LogP contribution in [0.1, 0.15) is 17.5 Å². The van der Waals surface area contributed by atoms with Gasteiger partial charge >= 0.3 is 0 Å². The van der Waals surface area contributed by atoms with Crippen LogP contribution in [0.2, 0.25) is 0 Å². The molecule has 1 fully saturated rings. The highest BCUT2D eigenvalue weighted by Crippen LogP contribution is 2.26. The fourth-order valence-electron chi connectivity index (χ4n) is 2.09. The van der Waals surface area contributed by atoms with Gasteiger partial charge < -0.3 is 10.6 Å². The molecule has 0 saturated carbocycles. The van der Waals surface area contributed by atoms with Gasteiger partial charge in [0.25, 0.3) is 5.69 Å². The van der Waals surface area contributed by atoms with Crippen LogP contribution in [-0.4, -0.2) is 23.9 Å². The molecule has 19 heavy (non-hydrogen) atoms. The molecular formula is C13H17N3O3. The molecule has 6 nitrogen and oxygen atoms in total. The van der Waals surface area contributed by atoms with E-state index < -0.39 is 4.92 Å². The molecule has 1 aliphatic heterocycles. The molecule has 6 heteroatoms. The van der Waals surface area contributed by atoms with Crippen molar-refractivity contribution in [3.63, 3.8) is 0 Å².